The molecule has 7 nitrogen and oxygen atoms in total. The summed E-state index contributed by atoms with van der Waals surface area (Å²) < 4.78 is 14.8. The Balaban J connectivity index is 1.53. The van der Waals surface area contributed by atoms with Crippen LogP contribution in [0.1, 0.15) is 34.8 Å². The van der Waals surface area contributed by atoms with E-state index in [1.54, 1.807) is 21.4 Å². The van der Waals surface area contributed by atoms with Crippen LogP contribution in [0, 0.1) is 19.7 Å². The predicted molar refractivity (Wildman–Crippen MR) is 99.2 cm³/mol. The number of piperidine rings is 1. The Morgan fingerprint density at radius 3 is 2.78 bits per heavy atom. The molecule has 2 aromatic heterocycles. The highest BCUT2D eigenvalue weighted by molar-refractivity contribution is 5.91. The molecule has 0 unspecified atom stereocenters. The van der Waals surface area contributed by atoms with Gasteiger partial charge in [-0.05, 0) is 57.0 Å². The number of fused-ring (bicyclic) bond motifs is 1. The Bertz CT molecular complexity index is 984. The van der Waals surface area contributed by atoms with E-state index in [9.17, 15) is 9.18 Å². The van der Waals surface area contributed by atoms with Crippen molar-refractivity contribution in [2.45, 2.75) is 32.7 Å². The number of aryl methyl sites for hydroxylation is 2. The number of halogens is 1. The van der Waals surface area contributed by atoms with Crippen molar-refractivity contribution in [1.29, 1.82) is 0 Å². The molecule has 3 heterocycles. The number of aromatic nitrogens is 4. The molecule has 1 N–H and O–H groups in total. The van der Waals surface area contributed by atoms with Gasteiger partial charge >= 0.3 is 0 Å². The molecule has 1 saturated heterocycles. The second kappa shape index (κ2) is 6.94. The molecule has 0 radical (unpaired) electrons. The maximum atomic E-state index is 13.1. The van der Waals surface area contributed by atoms with E-state index in [1.165, 1.54) is 12.1 Å². The molecule has 0 saturated carbocycles. The molecule has 1 fully saturated rings. The zero-order valence-corrected chi connectivity index (χ0v) is 15.3. The summed E-state index contributed by atoms with van der Waals surface area (Å²) in [5.41, 5.74) is 2.57. The first-order chi connectivity index (χ1) is 13.0. The zero-order chi connectivity index (χ0) is 19.0. The number of nitrogens with zero attached hydrogens (tertiary/aromatic N) is 5. The van der Waals surface area contributed by atoms with Gasteiger partial charge in [0.15, 0.2) is 0 Å². The fourth-order valence-electron chi connectivity index (χ4n) is 3.57. The maximum Gasteiger partial charge on any atom is 0.292 e. The summed E-state index contributed by atoms with van der Waals surface area (Å²) in [5, 5.41) is 11.5. The lowest BCUT2D eigenvalue weighted by molar-refractivity contribution is 0.0700. The van der Waals surface area contributed by atoms with Crippen molar-refractivity contribution in [2.75, 3.05) is 18.4 Å². The van der Waals surface area contributed by atoms with Crippen LogP contribution in [0.5, 0.6) is 0 Å². The van der Waals surface area contributed by atoms with Crippen LogP contribution >= 0.6 is 0 Å². The first kappa shape index (κ1) is 17.4. The van der Waals surface area contributed by atoms with Gasteiger partial charge in [0, 0.05) is 36.2 Å². The SMILES string of the molecule is Cc1cc(C)n2c(C(=O)N3CCC[C@@H](Nc4ccc(F)cc4)C3)nnc2n1. The van der Waals surface area contributed by atoms with Gasteiger partial charge in [-0.2, -0.15) is 0 Å². The fraction of sp³-hybridized carbons (Fsp3) is 0.368. The molecule has 1 atom stereocenters. The fourth-order valence-corrected chi connectivity index (χ4v) is 3.57. The molecular formula is C19H21FN6O. The van der Waals surface area contributed by atoms with E-state index in [1.807, 2.05) is 19.9 Å². The third-order valence-electron chi connectivity index (χ3n) is 4.81. The van der Waals surface area contributed by atoms with Crippen LogP contribution in [-0.4, -0.2) is 49.5 Å². The highest BCUT2D eigenvalue weighted by Crippen LogP contribution is 2.19. The van der Waals surface area contributed by atoms with Crippen molar-refractivity contribution >= 4 is 17.4 Å². The second-order valence-corrected chi connectivity index (χ2v) is 6.94. The number of anilines is 1. The van der Waals surface area contributed by atoms with Crippen molar-refractivity contribution in [3.05, 3.63) is 53.4 Å². The number of nitrogens with one attached hydrogen (secondary N) is 1. The van der Waals surface area contributed by atoms with E-state index in [-0.39, 0.29) is 23.6 Å². The third-order valence-corrected chi connectivity index (χ3v) is 4.81. The zero-order valence-electron chi connectivity index (χ0n) is 15.3. The van der Waals surface area contributed by atoms with Crippen LogP contribution in [0.15, 0.2) is 30.3 Å². The summed E-state index contributed by atoms with van der Waals surface area (Å²) in [6, 6.07) is 8.28. The quantitative estimate of drug-likeness (QED) is 0.769. The predicted octanol–water partition coefficient (Wildman–Crippen LogP) is 2.60. The monoisotopic (exact) mass is 368 g/mol. The van der Waals surface area contributed by atoms with E-state index < -0.39 is 0 Å². The lowest BCUT2D eigenvalue weighted by Gasteiger charge is -2.33. The van der Waals surface area contributed by atoms with Crippen molar-refractivity contribution in [1.82, 2.24) is 24.5 Å². The Hall–Kier alpha value is -3.03. The molecule has 1 aliphatic heterocycles. The highest BCUT2D eigenvalue weighted by Gasteiger charge is 2.28. The largest absolute Gasteiger partial charge is 0.381 e. The molecule has 0 aliphatic carbocycles. The molecule has 1 amide bonds. The summed E-state index contributed by atoms with van der Waals surface area (Å²) in [7, 11) is 0. The van der Waals surface area contributed by atoms with Crippen molar-refractivity contribution < 1.29 is 9.18 Å². The molecule has 27 heavy (non-hydrogen) atoms. The van der Waals surface area contributed by atoms with Gasteiger partial charge in [-0.1, -0.05) is 0 Å². The standard InChI is InChI=1S/C19H21FN6O/c1-12-10-13(2)26-17(23-24-19(26)21-12)18(27)25-9-3-4-16(11-25)22-15-7-5-14(20)6-8-15/h5-8,10,16,22H,3-4,9,11H2,1-2H3/t16-/m1/s1. The highest BCUT2D eigenvalue weighted by atomic mass is 19.1. The smallest absolute Gasteiger partial charge is 0.292 e. The van der Waals surface area contributed by atoms with Gasteiger partial charge in [-0.25, -0.2) is 9.37 Å². The lowest BCUT2D eigenvalue weighted by atomic mass is 10.1. The molecule has 3 aromatic rings. The molecule has 1 aromatic carbocycles. The van der Waals surface area contributed by atoms with Gasteiger partial charge in [0.05, 0.1) is 0 Å². The van der Waals surface area contributed by atoms with Crippen LogP contribution in [0.3, 0.4) is 0 Å². The Morgan fingerprint density at radius 1 is 1.22 bits per heavy atom. The van der Waals surface area contributed by atoms with Gasteiger partial charge in [-0.15, -0.1) is 10.2 Å². The van der Waals surface area contributed by atoms with E-state index >= 15 is 0 Å². The van der Waals surface area contributed by atoms with E-state index in [0.717, 1.165) is 29.9 Å². The number of rotatable bonds is 3. The molecule has 1 aliphatic rings. The normalized spacial score (nSPS) is 17.3. The summed E-state index contributed by atoms with van der Waals surface area (Å²) >= 11 is 0. The van der Waals surface area contributed by atoms with Gasteiger partial charge in [0.25, 0.3) is 11.7 Å². The van der Waals surface area contributed by atoms with Gasteiger partial charge in [-0.3, -0.25) is 9.20 Å². The molecule has 140 valence electrons. The van der Waals surface area contributed by atoms with Crippen LogP contribution in [0.2, 0.25) is 0 Å². The molecule has 4 rings (SSSR count). The lowest BCUT2D eigenvalue weighted by Crippen LogP contribution is -2.45. The summed E-state index contributed by atoms with van der Waals surface area (Å²) in [4.78, 5) is 19.2. The Kier molecular flexibility index (Phi) is 4.47. The Morgan fingerprint density at radius 2 is 2.00 bits per heavy atom. The van der Waals surface area contributed by atoms with Crippen LogP contribution in [-0.2, 0) is 0 Å². The van der Waals surface area contributed by atoms with E-state index in [2.05, 4.69) is 20.5 Å². The maximum absolute atomic E-state index is 13.1. The van der Waals surface area contributed by atoms with Crippen LogP contribution in [0.4, 0.5) is 10.1 Å². The summed E-state index contributed by atoms with van der Waals surface area (Å²) in [6.45, 7) is 5.04. The number of hydrogen-bond acceptors (Lipinski definition) is 5. The minimum Gasteiger partial charge on any atom is -0.381 e. The summed E-state index contributed by atoms with van der Waals surface area (Å²) in [6.07, 6.45) is 1.83. The van der Waals surface area contributed by atoms with Crippen LogP contribution < -0.4 is 5.32 Å². The topological polar surface area (TPSA) is 75.4 Å². The van der Waals surface area contributed by atoms with Gasteiger partial charge in [0.1, 0.15) is 5.82 Å². The van der Waals surface area contributed by atoms with E-state index in [4.69, 9.17) is 0 Å². The number of carbonyl (C=O) groups excluding carboxylic acids is 1. The van der Waals surface area contributed by atoms with Crippen molar-refractivity contribution in [3.8, 4) is 0 Å². The number of likely N-dealkylation sites (tertiary alicyclic amines) is 1. The van der Waals surface area contributed by atoms with Crippen LogP contribution in [0.25, 0.3) is 5.78 Å². The number of benzene rings is 1. The van der Waals surface area contributed by atoms with Gasteiger partial charge < -0.3 is 10.2 Å². The number of amides is 1. The van der Waals surface area contributed by atoms with E-state index in [0.29, 0.717) is 18.9 Å². The number of carbonyl (C=O) groups is 1. The van der Waals surface area contributed by atoms with Gasteiger partial charge in [0.2, 0.25) is 5.82 Å². The van der Waals surface area contributed by atoms with Crippen molar-refractivity contribution in [3.63, 3.8) is 0 Å². The first-order valence-electron chi connectivity index (χ1n) is 9.02. The number of hydrogen-bond donors (Lipinski definition) is 1. The first-order valence-corrected chi connectivity index (χ1v) is 9.02. The molecular weight excluding hydrogens is 347 g/mol. The Labute approximate surface area is 156 Å². The summed E-state index contributed by atoms with van der Waals surface area (Å²) in [5.74, 6) is 0.312. The molecule has 8 heteroatoms. The minimum atomic E-state index is -0.265. The average molecular weight is 368 g/mol. The second-order valence-electron chi connectivity index (χ2n) is 6.94. The third kappa shape index (κ3) is 3.47. The molecule has 0 spiro atoms. The van der Waals surface area contributed by atoms with Crippen molar-refractivity contribution in [2.24, 2.45) is 0 Å². The minimum absolute atomic E-state index is 0.105. The molecule has 0 bridgehead atoms. The average Bonchev–Trinajstić information content (AvgIpc) is 3.07.